The normalized spacial score (nSPS) is 22.0. The van der Waals surface area contributed by atoms with Crippen LogP contribution in [0, 0.1) is 0 Å². The Morgan fingerprint density at radius 3 is 2.28 bits per heavy atom. The fourth-order valence-corrected chi connectivity index (χ4v) is 5.07. The lowest BCUT2D eigenvalue weighted by atomic mass is 9.72. The molecule has 1 aromatic carbocycles. The Hall–Kier alpha value is -1.28. The number of hydrogen-bond donors (Lipinski definition) is 2. The molecule has 182 valence electrons. The lowest BCUT2D eigenvalue weighted by Gasteiger charge is -2.44. The molecule has 1 saturated carbocycles. The molecule has 3 rings (SSSR count). The molecule has 1 atom stereocenters. The van der Waals surface area contributed by atoms with E-state index in [1.807, 2.05) is 19.9 Å². The van der Waals surface area contributed by atoms with Crippen LogP contribution in [0.3, 0.4) is 0 Å². The molecule has 0 bridgehead atoms. The second-order valence-corrected chi connectivity index (χ2v) is 10.3. The topological polar surface area (TPSA) is 56.2 Å². The monoisotopic (exact) mass is 454 g/mol. The molecular weight excluding hydrogens is 414 g/mol. The van der Waals surface area contributed by atoms with Gasteiger partial charge in [-0.3, -0.25) is 4.90 Å². The number of ether oxygens (including phenoxy) is 1. The van der Waals surface area contributed by atoms with Crippen LogP contribution in [0.1, 0.15) is 70.8 Å². The molecule has 1 unspecified atom stereocenters. The van der Waals surface area contributed by atoms with Gasteiger partial charge in [-0.2, -0.15) is 8.78 Å². The van der Waals surface area contributed by atoms with Gasteiger partial charge >= 0.3 is 6.11 Å². The van der Waals surface area contributed by atoms with Gasteiger partial charge in [0.05, 0.1) is 11.2 Å². The highest BCUT2D eigenvalue weighted by Crippen LogP contribution is 2.41. The summed E-state index contributed by atoms with van der Waals surface area (Å²) in [6, 6.07) is 6.92. The van der Waals surface area contributed by atoms with Crippen LogP contribution in [-0.2, 0) is 0 Å². The lowest BCUT2D eigenvalue weighted by Crippen LogP contribution is -2.53. The van der Waals surface area contributed by atoms with E-state index in [1.165, 1.54) is 6.92 Å². The molecule has 2 N–H and O–H groups in total. The smallest absolute Gasteiger partial charge is 0.397 e. The first-order valence-electron chi connectivity index (χ1n) is 12.1. The van der Waals surface area contributed by atoms with Crippen molar-refractivity contribution in [1.29, 1.82) is 0 Å². The highest BCUT2D eigenvalue weighted by atomic mass is 19.3. The summed E-state index contributed by atoms with van der Waals surface area (Å²) in [5, 5.41) is 21.7. The van der Waals surface area contributed by atoms with Gasteiger partial charge in [0, 0.05) is 51.6 Å². The number of benzene rings is 1. The Kier molecular flexibility index (Phi) is 8.18. The van der Waals surface area contributed by atoms with Crippen molar-refractivity contribution in [2.45, 2.75) is 82.5 Å². The van der Waals surface area contributed by atoms with Crippen molar-refractivity contribution in [3.05, 3.63) is 29.8 Å². The first-order chi connectivity index (χ1) is 15.0. The molecule has 0 radical (unpaired) electrons. The van der Waals surface area contributed by atoms with Crippen molar-refractivity contribution in [1.82, 2.24) is 9.80 Å². The number of alkyl halides is 2. The molecule has 32 heavy (non-hydrogen) atoms. The molecule has 0 spiro atoms. The van der Waals surface area contributed by atoms with Crippen molar-refractivity contribution < 1.29 is 23.7 Å². The summed E-state index contributed by atoms with van der Waals surface area (Å²) in [6.45, 7) is 9.80. The lowest BCUT2D eigenvalue weighted by molar-refractivity contribution is -0.177. The highest BCUT2D eigenvalue weighted by Gasteiger charge is 2.40. The van der Waals surface area contributed by atoms with Gasteiger partial charge in [0.25, 0.3) is 0 Å². The van der Waals surface area contributed by atoms with E-state index in [1.54, 1.807) is 18.2 Å². The van der Waals surface area contributed by atoms with E-state index in [2.05, 4.69) is 9.80 Å². The average Bonchev–Trinajstić information content (AvgIpc) is 2.72. The zero-order valence-corrected chi connectivity index (χ0v) is 19.8. The van der Waals surface area contributed by atoms with Crippen LogP contribution in [0.15, 0.2) is 24.3 Å². The van der Waals surface area contributed by atoms with Crippen molar-refractivity contribution >= 4 is 0 Å². The van der Waals surface area contributed by atoms with Gasteiger partial charge in [-0.1, -0.05) is 38.3 Å². The number of halogens is 2. The summed E-state index contributed by atoms with van der Waals surface area (Å²) in [7, 11) is 0. The molecule has 2 aliphatic rings. The predicted molar refractivity (Wildman–Crippen MR) is 122 cm³/mol. The first kappa shape index (κ1) is 25.3. The average molecular weight is 455 g/mol. The molecular formula is C25H40F2N2O3. The highest BCUT2D eigenvalue weighted by molar-refractivity contribution is 5.33. The Morgan fingerprint density at radius 2 is 1.69 bits per heavy atom. The van der Waals surface area contributed by atoms with E-state index in [-0.39, 0.29) is 18.1 Å². The van der Waals surface area contributed by atoms with Crippen LogP contribution in [0.2, 0.25) is 0 Å². The quantitative estimate of drug-likeness (QED) is 0.585. The zero-order chi connectivity index (χ0) is 23.4. The minimum atomic E-state index is -3.20. The van der Waals surface area contributed by atoms with Crippen LogP contribution < -0.4 is 4.74 Å². The summed E-state index contributed by atoms with van der Waals surface area (Å²) in [5.41, 5.74) is -0.699. The number of rotatable bonds is 9. The maximum atomic E-state index is 13.8. The van der Waals surface area contributed by atoms with E-state index >= 15 is 0 Å². The predicted octanol–water partition coefficient (Wildman–Crippen LogP) is 4.24. The Labute approximate surface area is 191 Å². The molecule has 0 aromatic heterocycles. The number of piperazine rings is 1. The summed E-state index contributed by atoms with van der Waals surface area (Å²) >= 11 is 0. The maximum absolute atomic E-state index is 13.8. The Bertz CT molecular complexity index is 724. The standard InChI is InChI=1S/C25H40F2N2O3/c1-4-25(26,27)32-21-10-8-9-20(17-21)22(24(31)11-6-5-7-12-24)18-28-13-15-29(16-14-28)19-23(2,3)30/h8-10,17,22,30-31H,4-7,11-16,18-19H2,1-3H3. The minimum absolute atomic E-state index is 0.147. The van der Waals surface area contributed by atoms with E-state index in [9.17, 15) is 19.0 Å². The fourth-order valence-electron chi connectivity index (χ4n) is 5.07. The van der Waals surface area contributed by atoms with Crippen molar-refractivity contribution in [3.63, 3.8) is 0 Å². The molecule has 0 amide bonds. The van der Waals surface area contributed by atoms with E-state index in [0.717, 1.165) is 63.8 Å². The van der Waals surface area contributed by atoms with Gasteiger partial charge < -0.3 is 19.8 Å². The molecule has 1 aliphatic heterocycles. The summed E-state index contributed by atoms with van der Waals surface area (Å²) in [4.78, 5) is 4.62. The van der Waals surface area contributed by atoms with Gasteiger partial charge in [-0.15, -0.1) is 0 Å². The minimum Gasteiger partial charge on any atom is -0.433 e. The van der Waals surface area contributed by atoms with Crippen LogP contribution in [-0.4, -0.2) is 76.6 Å². The van der Waals surface area contributed by atoms with Crippen LogP contribution in [0.25, 0.3) is 0 Å². The maximum Gasteiger partial charge on any atom is 0.397 e. The number of hydrogen-bond acceptors (Lipinski definition) is 5. The van der Waals surface area contributed by atoms with Crippen LogP contribution in [0.4, 0.5) is 8.78 Å². The van der Waals surface area contributed by atoms with Gasteiger partial charge in [-0.05, 0) is 44.4 Å². The van der Waals surface area contributed by atoms with E-state index in [0.29, 0.717) is 13.1 Å². The Morgan fingerprint density at radius 1 is 1.06 bits per heavy atom. The van der Waals surface area contributed by atoms with Gasteiger partial charge in [0.1, 0.15) is 5.75 Å². The molecule has 1 aliphatic carbocycles. The first-order valence-corrected chi connectivity index (χ1v) is 12.1. The van der Waals surface area contributed by atoms with Crippen molar-refractivity contribution in [2.75, 3.05) is 39.3 Å². The zero-order valence-electron chi connectivity index (χ0n) is 19.8. The third kappa shape index (κ3) is 7.11. The molecule has 7 heteroatoms. The molecule has 1 aromatic rings. The number of nitrogens with zero attached hydrogens (tertiary/aromatic N) is 2. The van der Waals surface area contributed by atoms with Gasteiger partial charge in [0.15, 0.2) is 0 Å². The van der Waals surface area contributed by atoms with E-state index in [4.69, 9.17) is 4.74 Å². The Balaban J connectivity index is 1.76. The van der Waals surface area contributed by atoms with Crippen LogP contribution in [0.5, 0.6) is 5.75 Å². The second kappa shape index (κ2) is 10.3. The second-order valence-electron chi connectivity index (χ2n) is 10.3. The third-order valence-electron chi connectivity index (χ3n) is 6.82. The summed E-state index contributed by atoms with van der Waals surface area (Å²) in [5.74, 6) is -0.0174. The molecule has 1 saturated heterocycles. The molecule has 5 nitrogen and oxygen atoms in total. The number of β-amino-alcohol motifs (C(OH)–C–C–N with tert-alkyl or cyclic N) is 1. The largest absolute Gasteiger partial charge is 0.433 e. The van der Waals surface area contributed by atoms with Gasteiger partial charge in [0.2, 0.25) is 0 Å². The SMILES string of the molecule is CCC(F)(F)Oc1cccc(C(CN2CCN(CC(C)(C)O)CC2)C2(O)CCCCC2)c1. The van der Waals surface area contributed by atoms with Crippen molar-refractivity contribution in [2.24, 2.45) is 0 Å². The fraction of sp³-hybridized carbons (Fsp3) is 0.760. The molecule has 1 heterocycles. The van der Waals surface area contributed by atoms with E-state index < -0.39 is 17.3 Å². The summed E-state index contributed by atoms with van der Waals surface area (Å²) in [6.07, 6.45) is 0.953. The van der Waals surface area contributed by atoms with Crippen molar-refractivity contribution in [3.8, 4) is 5.75 Å². The van der Waals surface area contributed by atoms with Gasteiger partial charge in [-0.25, -0.2) is 0 Å². The van der Waals surface area contributed by atoms with Crippen LogP contribution >= 0.6 is 0 Å². The molecule has 2 fully saturated rings. The number of aliphatic hydroxyl groups is 2. The summed E-state index contributed by atoms with van der Waals surface area (Å²) < 4.78 is 32.6. The third-order valence-corrected chi connectivity index (χ3v) is 6.82.